The Kier molecular flexibility index (Phi) is 4.86. The molecule has 1 fully saturated rings. The molecule has 5 heteroatoms. The van der Waals surface area contributed by atoms with Crippen LogP contribution >= 0.6 is 0 Å². The molecule has 0 N–H and O–H groups in total. The van der Waals surface area contributed by atoms with Crippen LogP contribution in [0.1, 0.15) is 43.9 Å². The van der Waals surface area contributed by atoms with Crippen molar-refractivity contribution in [3.63, 3.8) is 0 Å². The van der Waals surface area contributed by atoms with E-state index in [1.807, 2.05) is 19.1 Å². The molecule has 134 valence electrons. The molecule has 0 atom stereocenters. The first-order valence-electron chi connectivity index (χ1n) is 8.79. The van der Waals surface area contributed by atoms with E-state index in [9.17, 15) is 4.79 Å². The zero-order valence-electron chi connectivity index (χ0n) is 15.5. The first kappa shape index (κ1) is 17.5. The monoisotopic (exact) mass is 340 g/mol. The fourth-order valence-corrected chi connectivity index (χ4v) is 3.19. The average Bonchev–Trinajstić information content (AvgIpc) is 2.61. The van der Waals surface area contributed by atoms with Gasteiger partial charge in [0, 0.05) is 50.6 Å². The molecule has 1 aliphatic rings. The molecule has 1 saturated heterocycles. The van der Waals surface area contributed by atoms with Crippen LogP contribution in [-0.4, -0.2) is 52.4 Å². The van der Waals surface area contributed by atoms with E-state index in [2.05, 4.69) is 40.5 Å². The summed E-state index contributed by atoms with van der Waals surface area (Å²) in [5.41, 5.74) is 2.02. The zero-order valence-corrected chi connectivity index (χ0v) is 15.5. The molecule has 0 spiro atoms. The lowest BCUT2D eigenvalue weighted by molar-refractivity contribution is 0.103. The van der Waals surface area contributed by atoms with Gasteiger partial charge in [0.25, 0.3) is 0 Å². The highest BCUT2D eigenvalue weighted by Gasteiger charge is 2.26. The number of ketones is 1. The van der Waals surface area contributed by atoms with E-state index in [1.54, 1.807) is 24.4 Å². The third-order valence-electron chi connectivity index (χ3n) is 4.77. The van der Waals surface area contributed by atoms with Crippen molar-refractivity contribution < 1.29 is 6.22 Å². The van der Waals surface area contributed by atoms with Crippen LogP contribution in [0.2, 0.25) is 0 Å². The molecule has 0 aliphatic carbocycles. The lowest BCUT2D eigenvalue weighted by Gasteiger charge is -2.42. The predicted molar refractivity (Wildman–Crippen MR) is 102 cm³/mol. The summed E-state index contributed by atoms with van der Waals surface area (Å²) in [6.07, 6.45) is 1.70. The van der Waals surface area contributed by atoms with Gasteiger partial charge in [0.15, 0.2) is 0 Å². The Morgan fingerprint density at radius 1 is 1.08 bits per heavy atom. The van der Waals surface area contributed by atoms with Gasteiger partial charge in [-0.1, -0.05) is 6.07 Å². The summed E-state index contributed by atoms with van der Waals surface area (Å²) in [6, 6.07) is 9.28. The Balaban J connectivity index is 0.00000243. The maximum absolute atomic E-state index is 12.8. The van der Waals surface area contributed by atoms with Gasteiger partial charge in [-0.05, 0) is 52.0 Å². The molecule has 2 aromatic heterocycles. The minimum Gasteiger partial charge on any atom is -0.354 e. The van der Waals surface area contributed by atoms with Crippen LogP contribution in [0.3, 0.4) is 0 Å². The molecule has 0 aromatic carbocycles. The van der Waals surface area contributed by atoms with Crippen LogP contribution in [0.4, 0.5) is 5.82 Å². The number of carbonyl (C=O) groups is 1. The summed E-state index contributed by atoms with van der Waals surface area (Å²) in [7, 11) is 0. The molecule has 1 aliphatic heterocycles. The number of anilines is 1. The van der Waals surface area contributed by atoms with E-state index >= 15 is 0 Å². The zero-order chi connectivity index (χ0) is 18.0. The second kappa shape index (κ2) is 6.92. The van der Waals surface area contributed by atoms with E-state index in [0.29, 0.717) is 11.3 Å². The van der Waals surface area contributed by atoms with Gasteiger partial charge in [0.2, 0.25) is 5.78 Å². The molecule has 25 heavy (non-hydrogen) atoms. The molecule has 0 radical (unpaired) electrons. The van der Waals surface area contributed by atoms with E-state index in [4.69, 9.17) is 0 Å². The highest BCUT2D eigenvalue weighted by Crippen LogP contribution is 2.20. The third-order valence-corrected chi connectivity index (χ3v) is 4.77. The first-order valence-corrected chi connectivity index (χ1v) is 8.79. The van der Waals surface area contributed by atoms with Crippen molar-refractivity contribution in [2.24, 2.45) is 0 Å². The fourth-order valence-electron chi connectivity index (χ4n) is 3.19. The number of aromatic nitrogens is 2. The normalized spacial score (nSPS) is 16.1. The molecule has 5 nitrogen and oxygen atoms in total. The maximum atomic E-state index is 12.8. The predicted octanol–water partition coefficient (Wildman–Crippen LogP) is 3.18. The number of hydrogen-bond acceptors (Lipinski definition) is 5. The minimum absolute atomic E-state index is 0. The Hall–Kier alpha value is -2.27. The second-order valence-electron chi connectivity index (χ2n) is 7.49. The van der Waals surface area contributed by atoms with Crippen molar-refractivity contribution in [1.82, 2.24) is 14.9 Å². The van der Waals surface area contributed by atoms with Crippen molar-refractivity contribution in [2.75, 3.05) is 31.1 Å². The summed E-state index contributed by atoms with van der Waals surface area (Å²) >= 11 is 0. The van der Waals surface area contributed by atoms with Crippen LogP contribution in [0.15, 0.2) is 36.5 Å². The van der Waals surface area contributed by atoms with Crippen LogP contribution in [0, 0.1) is 6.92 Å². The van der Waals surface area contributed by atoms with Crippen molar-refractivity contribution in [3.8, 4) is 0 Å². The highest BCUT2D eigenvalue weighted by molar-refractivity contribution is 6.08. The molecule has 0 amide bonds. The number of carbonyl (C=O) groups excluding carboxylic acids is 1. The van der Waals surface area contributed by atoms with Gasteiger partial charge in [0.05, 0.1) is 0 Å². The lowest BCUT2D eigenvalue weighted by atomic mass is 10.0. The smallest absolute Gasteiger partial charge is 0.213 e. The van der Waals surface area contributed by atoms with Crippen molar-refractivity contribution in [2.45, 2.75) is 33.2 Å². The van der Waals surface area contributed by atoms with Gasteiger partial charge in [-0.2, -0.15) is 0 Å². The summed E-state index contributed by atoms with van der Waals surface area (Å²) < 4.78 is 0. The van der Waals surface area contributed by atoms with Gasteiger partial charge in [-0.15, -0.1) is 0 Å². The molecule has 0 saturated carbocycles. The Morgan fingerprint density at radius 3 is 2.44 bits per heavy atom. The Labute approximate surface area is 151 Å². The first-order chi connectivity index (χ1) is 11.9. The van der Waals surface area contributed by atoms with E-state index in [1.165, 1.54) is 0 Å². The van der Waals surface area contributed by atoms with E-state index < -0.39 is 0 Å². The number of nitrogens with zero attached hydrogens (tertiary/aromatic N) is 4. The summed E-state index contributed by atoms with van der Waals surface area (Å²) in [4.78, 5) is 26.3. The maximum Gasteiger partial charge on any atom is 0.213 e. The molecular weight excluding hydrogens is 312 g/mol. The van der Waals surface area contributed by atoms with Gasteiger partial charge in [-0.25, -0.2) is 4.98 Å². The number of pyridine rings is 2. The van der Waals surface area contributed by atoms with Crippen LogP contribution in [0.5, 0.6) is 0 Å². The molecular formula is C20H28N4O. The number of hydrogen-bond donors (Lipinski definition) is 0. The molecule has 0 unspecified atom stereocenters. The molecule has 0 bridgehead atoms. The van der Waals surface area contributed by atoms with Gasteiger partial charge < -0.3 is 4.90 Å². The third kappa shape index (κ3) is 3.87. The van der Waals surface area contributed by atoms with Gasteiger partial charge in [0.1, 0.15) is 11.5 Å². The van der Waals surface area contributed by atoms with Crippen LogP contribution < -0.4 is 4.90 Å². The number of rotatable bonds is 3. The number of piperazine rings is 1. The Bertz CT molecular complexity index is 764. The number of aryl methyl sites for hydroxylation is 1. The fraction of sp³-hybridized carbons (Fsp3) is 0.450. The highest BCUT2D eigenvalue weighted by atomic mass is 16.1. The molecule has 3 rings (SSSR count). The van der Waals surface area contributed by atoms with Crippen molar-refractivity contribution in [3.05, 3.63) is 53.5 Å². The summed E-state index contributed by atoms with van der Waals surface area (Å²) in [5, 5.41) is 0. The Morgan fingerprint density at radius 2 is 1.80 bits per heavy atom. The van der Waals surface area contributed by atoms with Crippen LogP contribution in [-0.2, 0) is 0 Å². The van der Waals surface area contributed by atoms with Gasteiger partial charge in [-0.3, -0.25) is 14.7 Å². The van der Waals surface area contributed by atoms with Crippen molar-refractivity contribution in [1.29, 1.82) is 0 Å². The van der Waals surface area contributed by atoms with Gasteiger partial charge >= 0.3 is 0 Å². The topological polar surface area (TPSA) is 49.3 Å². The molecule has 2 aromatic rings. The summed E-state index contributed by atoms with van der Waals surface area (Å²) in [5.74, 6) is 0.807. The summed E-state index contributed by atoms with van der Waals surface area (Å²) in [6.45, 7) is 12.4. The second-order valence-corrected chi connectivity index (χ2v) is 7.49. The molecule has 3 heterocycles. The lowest BCUT2D eigenvalue weighted by Crippen LogP contribution is -2.53. The largest absolute Gasteiger partial charge is 0.354 e. The standard InChI is InChI=1S/C20H26N4O.H2/c1-15-16(7-6-10-21-15)19(25)17-8-5-9-18(22-17)23-11-13-24(14-12-23)20(2,3)4;/h5-10H,11-14H2,1-4H3;1H. The van der Waals surface area contributed by atoms with Crippen LogP contribution in [0.25, 0.3) is 0 Å². The van der Waals surface area contributed by atoms with E-state index in [0.717, 1.165) is 37.7 Å². The average molecular weight is 340 g/mol. The minimum atomic E-state index is -0.0687. The van der Waals surface area contributed by atoms with E-state index in [-0.39, 0.29) is 12.7 Å². The SMILES string of the molecule is Cc1ncccc1C(=O)c1cccc(N2CCN(C(C)(C)C)CC2)n1.[HH]. The van der Waals surface area contributed by atoms with Crippen molar-refractivity contribution >= 4 is 11.6 Å². The quantitative estimate of drug-likeness (QED) is 0.803.